The lowest BCUT2D eigenvalue weighted by Crippen LogP contribution is -2.46. The Morgan fingerprint density at radius 1 is 1.08 bits per heavy atom. The lowest BCUT2D eigenvalue weighted by Gasteiger charge is -2.39. The van der Waals surface area contributed by atoms with Crippen molar-refractivity contribution in [3.8, 4) is 22.4 Å². The van der Waals surface area contributed by atoms with Gasteiger partial charge in [-0.3, -0.25) is 4.79 Å². The van der Waals surface area contributed by atoms with E-state index >= 15 is 0 Å². The lowest BCUT2D eigenvalue weighted by molar-refractivity contribution is -0.146. The number of aliphatic hydroxyl groups is 1. The lowest BCUT2D eigenvalue weighted by atomic mass is 9.81. The van der Waals surface area contributed by atoms with Crippen molar-refractivity contribution in [3.05, 3.63) is 70.9 Å². The molecule has 9 heteroatoms. The first kappa shape index (κ1) is 26.2. The zero-order valence-electron chi connectivity index (χ0n) is 21.1. The second-order valence-electron chi connectivity index (χ2n) is 9.85. The number of hydrogen-bond acceptors (Lipinski definition) is 6. The quantitative estimate of drug-likeness (QED) is 0.383. The number of amides is 1. The maximum absolute atomic E-state index is 12.3. The normalized spacial score (nSPS) is 20.1. The SMILES string of the molecule is CN(CCO)C(=O)C1CC(OC2CCc3nc(-c4ccc(-c5ccc(C(=O)O)cc5)cc4)c(Cl)cc3N2)C1. The van der Waals surface area contributed by atoms with Crippen LogP contribution in [0.3, 0.4) is 0 Å². The summed E-state index contributed by atoms with van der Waals surface area (Å²) in [5, 5.41) is 22.1. The molecule has 2 aliphatic rings. The first-order chi connectivity index (χ1) is 18.3. The number of fused-ring (bicyclic) bond motifs is 1. The van der Waals surface area contributed by atoms with E-state index in [-0.39, 0.29) is 36.3 Å². The largest absolute Gasteiger partial charge is 0.478 e. The van der Waals surface area contributed by atoms with Gasteiger partial charge in [-0.2, -0.15) is 0 Å². The van der Waals surface area contributed by atoms with Gasteiger partial charge in [0.2, 0.25) is 5.91 Å². The third kappa shape index (κ3) is 5.53. The highest BCUT2D eigenvalue weighted by Gasteiger charge is 2.38. The van der Waals surface area contributed by atoms with Crippen molar-refractivity contribution in [2.24, 2.45) is 5.92 Å². The number of halogens is 1. The van der Waals surface area contributed by atoms with E-state index in [1.54, 1.807) is 36.2 Å². The fourth-order valence-corrected chi connectivity index (χ4v) is 5.23. The molecule has 0 saturated heterocycles. The van der Waals surface area contributed by atoms with Crippen LogP contribution < -0.4 is 5.32 Å². The van der Waals surface area contributed by atoms with Crippen molar-refractivity contribution in [2.45, 2.75) is 38.0 Å². The van der Waals surface area contributed by atoms with E-state index in [0.29, 0.717) is 30.1 Å². The second-order valence-corrected chi connectivity index (χ2v) is 10.3. The number of carbonyl (C=O) groups excluding carboxylic acids is 1. The van der Waals surface area contributed by atoms with Gasteiger partial charge in [0.25, 0.3) is 0 Å². The zero-order chi connectivity index (χ0) is 26.8. The summed E-state index contributed by atoms with van der Waals surface area (Å²) in [7, 11) is 1.72. The van der Waals surface area contributed by atoms with Crippen LogP contribution in [-0.2, 0) is 16.0 Å². The Kier molecular flexibility index (Phi) is 7.65. The third-order valence-electron chi connectivity index (χ3n) is 7.25. The number of nitrogens with one attached hydrogen (secondary N) is 1. The van der Waals surface area contributed by atoms with Gasteiger partial charge in [0.15, 0.2) is 0 Å². The predicted molar refractivity (Wildman–Crippen MR) is 145 cm³/mol. The molecule has 1 amide bonds. The number of benzene rings is 2. The highest BCUT2D eigenvalue weighted by molar-refractivity contribution is 6.33. The van der Waals surface area contributed by atoms with E-state index in [1.165, 1.54) is 0 Å². The van der Waals surface area contributed by atoms with Gasteiger partial charge in [-0.1, -0.05) is 48.0 Å². The Bertz CT molecular complexity index is 1320. The smallest absolute Gasteiger partial charge is 0.335 e. The molecule has 1 saturated carbocycles. The molecule has 2 aromatic carbocycles. The summed E-state index contributed by atoms with van der Waals surface area (Å²) in [5.74, 6) is -0.922. The van der Waals surface area contributed by atoms with Gasteiger partial charge in [-0.15, -0.1) is 0 Å². The van der Waals surface area contributed by atoms with Crippen LogP contribution in [0, 0.1) is 5.92 Å². The average Bonchev–Trinajstić information content (AvgIpc) is 2.90. The standard InChI is InChI=1S/C29H30ClN3O5/c1-33(12-13-34)28(35)21-14-22(15-21)38-26-11-10-24-25(31-26)16-23(30)27(32-24)19-6-2-17(3-7-19)18-4-8-20(9-5-18)29(36)37/h2-9,16,21-22,26,31,34H,10-15H2,1H3,(H,36,37). The van der Waals surface area contributed by atoms with Crippen molar-refractivity contribution >= 4 is 29.2 Å². The van der Waals surface area contributed by atoms with Crippen LogP contribution in [0.15, 0.2) is 54.6 Å². The van der Waals surface area contributed by atoms with E-state index in [9.17, 15) is 9.59 Å². The molecule has 2 heterocycles. The first-order valence-corrected chi connectivity index (χ1v) is 13.1. The molecule has 0 spiro atoms. The van der Waals surface area contributed by atoms with Gasteiger partial charge in [-0.25, -0.2) is 9.78 Å². The van der Waals surface area contributed by atoms with Gasteiger partial charge >= 0.3 is 5.97 Å². The van der Waals surface area contributed by atoms with E-state index < -0.39 is 5.97 Å². The van der Waals surface area contributed by atoms with Crippen LogP contribution in [0.25, 0.3) is 22.4 Å². The number of hydrogen-bond donors (Lipinski definition) is 3. The number of aromatic nitrogens is 1. The Labute approximate surface area is 226 Å². The molecular formula is C29H30ClN3O5. The fraction of sp³-hybridized carbons (Fsp3) is 0.345. The van der Waals surface area contributed by atoms with Crippen molar-refractivity contribution in [2.75, 3.05) is 25.5 Å². The van der Waals surface area contributed by atoms with Crippen LogP contribution in [0.1, 0.15) is 35.3 Å². The summed E-state index contributed by atoms with van der Waals surface area (Å²) in [5.41, 5.74) is 5.57. The van der Waals surface area contributed by atoms with Crippen LogP contribution in [0.5, 0.6) is 0 Å². The molecule has 1 aliphatic heterocycles. The summed E-state index contributed by atoms with van der Waals surface area (Å²) < 4.78 is 6.20. The second kappa shape index (κ2) is 11.1. The number of anilines is 1. The number of ether oxygens (including phenoxy) is 1. The van der Waals surface area contributed by atoms with Crippen LogP contribution >= 0.6 is 11.6 Å². The number of aromatic carboxylic acids is 1. The molecule has 5 rings (SSSR count). The van der Waals surface area contributed by atoms with Gasteiger partial charge in [-0.05, 0) is 55.0 Å². The van der Waals surface area contributed by atoms with Gasteiger partial charge < -0.3 is 25.2 Å². The molecule has 38 heavy (non-hydrogen) atoms. The maximum Gasteiger partial charge on any atom is 0.335 e. The molecule has 1 unspecified atom stereocenters. The minimum atomic E-state index is -0.945. The highest BCUT2D eigenvalue weighted by atomic mass is 35.5. The van der Waals surface area contributed by atoms with E-state index in [4.69, 9.17) is 31.5 Å². The summed E-state index contributed by atoms with van der Waals surface area (Å²) >= 11 is 6.64. The van der Waals surface area contributed by atoms with Crippen molar-refractivity contribution in [1.82, 2.24) is 9.88 Å². The Balaban J connectivity index is 1.21. The number of rotatable bonds is 8. The van der Waals surface area contributed by atoms with E-state index in [0.717, 1.165) is 40.9 Å². The number of likely N-dealkylation sites (N-methyl/N-ethyl adjacent to an activating group) is 1. The van der Waals surface area contributed by atoms with Crippen LogP contribution in [0.4, 0.5) is 5.69 Å². The minimum Gasteiger partial charge on any atom is -0.478 e. The molecule has 8 nitrogen and oxygen atoms in total. The summed E-state index contributed by atoms with van der Waals surface area (Å²) in [4.78, 5) is 29.8. The molecule has 3 aromatic rings. The molecule has 0 bridgehead atoms. The number of aliphatic hydroxyl groups excluding tert-OH is 1. The van der Waals surface area contributed by atoms with Crippen molar-refractivity contribution < 1.29 is 24.5 Å². The minimum absolute atomic E-state index is 0.0333. The number of carboxylic acid groups (broad SMARTS) is 1. The summed E-state index contributed by atoms with van der Waals surface area (Å²) in [6.07, 6.45) is 2.78. The number of aryl methyl sites for hydroxylation is 1. The third-order valence-corrected chi connectivity index (χ3v) is 7.54. The Morgan fingerprint density at radius 3 is 2.34 bits per heavy atom. The first-order valence-electron chi connectivity index (χ1n) is 12.7. The molecular weight excluding hydrogens is 506 g/mol. The van der Waals surface area contributed by atoms with Crippen molar-refractivity contribution in [3.63, 3.8) is 0 Å². The predicted octanol–water partition coefficient (Wildman–Crippen LogP) is 4.70. The van der Waals surface area contributed by atoms with E-state index in [2.05, 4.69) is 5.32 Å². The Hall–Kier alpha value is -3.46. The molecule has 1 aliphatic carbocycles. The molecule has 198 valence electrons. The Morgan fingerprint density at radius 2 is 1.71 bits per heavy atom. The monoisotopic (exact) mass is 535 g/mol. The molecule has 1 fully saturated rings. The number of carboxylic acids is 1. The summed E-state index contributed by atoms with van der Waals surface area (Å²) in [6, 6.07) is 16.6. The molecule has 1 atom stereocenters. The topological polar surface area (TPSA) is 112 Å². The van der Waals surface area contributed by atoms with Crippen LogP contribution in [-0.4, -0.2) is 64.5 Å². The maximum atomic E-state index is 12.3. The van der Waals surface area contributed by atoms with E-state index in [1.807, 2.05) is 30.3 Å². The van der Waals surface area contributed by atoms with Gasteiger partial charge in [0, 0.05) is 25.1 Å². The molecule has 0 radical (unpaired) electrons. The number of carbonyl (C=O) groups is 2. The average molecular weight is 536 g/mol. The van der Waals surface area contributed by atoms with Crippen molar-refractivity contribution in [1.29, 1.82) is 0 Å². The molecule has 1 aromatic heterocycles. The molecule has 3 N–H and O–H groups in total. The van der Waals surface area contributed by atoms with Crippen LogP contribution in [0.2, 0.25) is 5.02 Å². The fourth-order valence-electron chi connectivity index (χ4n) is 4.97. The number of nitrogens with zero attached hydrogens (tertiary/aromatic N) is 2. The number of pyridine rings is 1. The van der Waals surface area contributed by atoms with Gasteiger partial charge in [0.05, 0.1) is 40.4 Å². The zero-order valence-corrected chi connectivity index (χ0v) is 21.8. The highest BCUT2D eigenvalue weighted by Crippen LogP contribution is 2.37. The summed E-state index contributed by atoms with van der Waals surface area (Å²) in [6.45, 7) is 0.318. The van der Waals surface area contributed by atoms with Gasteiger partial charge in [0.1, 0.15) is 6.23 Å².